The van der Waals surface area contributed by atoms with E-state index in [2.05, 4.69) is 0 Å². The van der Waals surface area contributed by atoms with E-state index >= 15 is 0 Å². The number of hydrogen-bond acceptors (Lipinski definition) is 7. The summed E-state index contributed by atoms with van der Waals surface area (Å²) < 4.78 is 33.7. The van der Waals surface area contributed by atoms with Crippen LogP contribution in [-0.2, 0) is 19.6 Å². The zero-order valence-electron chi connectivity index (χ0n) is 18.0. The number of hydrogen-bond donors (Lipinski definition) is 0. The van der Waals surface area contributed by atoms with Crippen molar-refractivity contribution < 1.29 is 27.7 Å². The minimum absolute atomic E-state index is 0.0194. The average Bonchev–Trinajstić information content (AvgIpc) is 3.16. The quantitative estimate of drug-likeness (QED) is 0.359. The van der Waals surface area contributed by atoms with E-state index in [9.17, 15) is 28.1 Å². The molecule has 1 saturated heterocycles. The second kappa shape index (κ2) is 9.03. The molecule has 0 bridgehead atoms. The lowest BCUT2D eigenvalue weighted by atomic mass is 9.78. The van der Waals surface area contributed by atoms with Crippen molar-refractivity contribution in [3.8, 4) is 0 Å². The summed E-state index contributed by atoms with van der Waals surface area (Å²) in [7, 11) is -3.85. The minimum Gasteiger partial charge on any atom is -0.460 e. The van der Waals surface area contributed by atoms with Gasteiger partial charge in [-0.1, -0.05) is 17.7 Å². The van der Waals surface area contributed by atoms with Crippen molar-refractivity contribution in [1.29, 1.82) is 0 Å². The van der Waals surface area contributed by atoms with Gasteiger partial charge >= 0.3 is 5.97 Å². The number of ketones is 1. The Balaban J connectivity index is 1.56. The Morgan fingerprint density at radius 3 is 2.45 bits per heavy atom. The highest BCUT2D eigenvalue weighted by Gasteiger charge is 2.49. The highest BCUT2D eigenvalue weighted by molar-refractivity contribution is 7.89. The molecule has 1 saturated carbocycles. The Morgan fingerprint density at radius 1 is 1.15 bits per heavy atom. The first-order valence-electron chi connectivity index (χ1n) is 10.7. The summed E-state index contributed by atoms with van der Waals surface area (Å²) in [5, 5.41) is 10.8. The molecule has 0 N–H and O–H groups in total. The standard InChI is InChI=1S/C23H24N2O7S/c1-15-2-10-20(11-3-15)33(30,31)24-13-17-6-9-19(26)12-21(17)22(24)14-32-23(27)16-4-7-18(8-5-16)25(28)29/h2-5,7-8,10-11,17,21-22H,6,9,12-14H2,1H3/t17-,21-,22+/m0/s1. The molecule has 174 valence electrons. The molecule has 33 heavy (non-hydrogen) atoms. The monoisotopic (exact) mass is 472 g/mol. The van der Waals surface area contributed by atoms with Gasteiger partial charge in [0.05, 0.1) is 21.4 Å². The van der Waals surface area contributed by atoms with Crippen LogP contribution in [0.2, 0.25) is 0 Å². The smallest absolute Gasteiger partial charge is 0.338 e. The fraction of sp³-hybridized carbons (Fsp3) is 0.391. The van der Waals surface area contributed by atoms with Crippen LogP contribution < -0.4 is 0 Å². The number of esters is 1. The number of sulfonamides is 1. The Morgan fingerprint density at radius 2 is 1.82 bits per heavy atom. The Bertz CT molecular complexity index is 1180. The summed E-state index contributed by atoms with van der Waals surface area (Å²) in [5.41, 5.74) is 0.910. The van der Waals surface area contributed by atoms with Gasteiger partial charge in [0.1, 0.15) is 12.4 Å². The molecule has 0 radical (unpaired) electrons. The summed E-state index contributed by atoms with van der Waals surface area (Å²) in [6, 6.07) is 10.9. The molecule has 2 aromatic rings. The number of carbonyl (C=O) groups excluding carboxylic acids is 2. The van der Waals surface area contributed by atoms with Crippen molar-refractivity contribution in [3.63, 3.8) is 0 Å². The number of Topliss-reactive ketones (excluding diaryl/α,β-unsaturated/α-hetero) is 1. The zero-order valence-corrected chi connectivity index (χ0v) is 18.9. The first-order chi connectivity index (χ1) is 15.7. The van der Waals surface area contributed by atoms with Gasteiger partial charge < -0.3 is 4.74 Å². The molecule has 0 unspecified atom stereocenters. The SMILES string of the molecule is Cc1ccc(S(=O)(=O)N2C[C@@H]3CCC(=O)C[C@@H]3[C@H]2COC(=O)c2ccc([N+](=O)[O-])cc2)cc1. The molecule has 2 fully saturated rings. The van der Waals surface area contributed by atoms with Gasteiger partial charge in [-0.2, -0.15) is 4.31 Å². The lowest BCUT2D eigenvalue weighted by molar-refractivity contribution is -0.384. The molecule has 1 aliphatic heterocycles. The predicted octanol–water partition coefficient (Wildman–Crippen LogP) is 3.12. The second-order valence-corrected chi connectivity index (χ2v) is 10.5. The number of ether oxygens (including phenoxy) is 1. The van der Waals surface area contributed by atoms with Crippen molar-refractivity contribution in [2.24, 2.45) is 11.8 Å². The first kappa shape index (κ1) is 23.1. The van der Waals surface area contributed by atoms with Crippen molar-refractivity contribution in [3.05, 3.63) is 69.8 Å². The van der Waals surface area contributed by atoms with Crippen LogP contribution in [0.3, 0.4) is 0 Å². The average molecular weight is 473 g/mol. The van der Waals surface area contributed by atoms with Crippen molar-refractivity contribution in [2.45, 2.75) is 37.1 Å². The van der Waals surface area contributed by atoms with Crippen LogP contribution in [0.4, 0.5) is 5.69 Å². The van der Waals surface area contributed by atoms with E-state index in [-0.39, 0.29) is 53.3 Å². The predicted molar refractivity (Wildman–Crippen MR) is 118 cm³/mol. The number of carbonyl (C=O) groups is 2. The number of benzene rings is 2. The number of aryl methyl sites for hydroxylation is 1. The Hall–Kier alpha value is -3.11. The van der Waals surface area contributed by atoms with Crippen LogP contribution in [0.15, 0.2) is 53.4 Å². The molecular formula is C23H24N2O7S. The summed E-state index contributed by atoms with van der Waals surface area (Å²) in [6.45, 7) is 1.94. The maximum absolute atomic E-state index is 13.4. The van der Waals surface area contributed by atoms with Crippen molar-refractivity contribution in [1.82, 2.24) is 4.31 Å². The fourth-order valence-corrected chi connectivity index (χ4v) is 6.35. The molecule has 10 heteroatoms. The number of fused-ring (bicyclic) bond motifs is 1. The fourth-order valence-electron chi connectivity index (χ4n) is 4.64. The highest BCUT2D eigenvalue weighted by atomic mass is 32.2. The molecule has 0 spiro atoms. The molecule has 3 atom stereocenters. The number of rotatable bonds is 6. The van der Waals surface area contributed by atoms with Gasteiger partial charge in [-0.15, -0.1) is 0 Å². The third-order valence-corrected chi connectivity index (χ3v) is 8.37. The molecule has 4 rings (SSSR count). The maximum Gasteiger partial charge on any atom is 0.338 e. The van der Waals surface area contributed by atoms with Crippen LogP contribution in [0.1, 0.15) is 35.2 Å². The molecule has 0 amide bonds. The molecule has 1 aliphatic carbocycles. The largest absolute Gasteiger partial charge is 0.460 e. The Kier molecular flexibility index (Phi) is 6.31. The highest BCUT2D eigenvalue weighted by Crippen LogP contribution is 2.42. The molecule has 2 aromatic carbocycles. The van der Waals surface area contributed by atoms with Gasteiger partial charge in [-0.05, 0) is 49.4 Å². The summed E-state index contributed by atoms with van der Waals surface area (Å²) >= 11 is 0. The van der Waals surface area contributed by atoms with E-state index in [0.29, 0.717) is 12.8 Å². The maximum atomic E-state index is 13.4. The van der Waals surface area contributed by atoms with Crippen LogP contribution in [-0.4, -0.2) is 48.6 Å². The lowest BCUT2D eigenvalue weighted by Gasteiger charge is -2.29. The second-order valence-electron chi connectivity index (χ2n) is 8.56. The van der Waals surface area contributed by atoms with Crippen molar-refractivity contribution >= 4 is 27.5 Å². The van der Waals surface area contributed by atoms with E-state index < -0.39 is 27.0 Å². The van der Waals surface area contributed by atoms with Crippen LogP contribution in [0.25, 0.3) is 0 Å². The Labute approximate surface area is 191 Å². The lowest BCUT2D eigenvalue weighted by Crippen LogP contribution is -2.42. The normalized spacial score (nSPS) is 23.2. The molecule has 1 heterocycles. The van der Waals surface area contributed by atoms with Gasteiger partial charge in [-0.3, -0.25) is 14.9 Å². The van der Waals surface area contributed by atoms with Crippen LogP contribution in [0.5, 0.6) is 0 Å². The van der Waals surface area contributed by atoms with Gasteiger partial charge in [0.15, 0.2) is 0 Å². The number of nitro benzene ring substituents is 1. The van der Waals surface area contributed by atoms with Gasteiger partial charge in [-0.25, -0.2) is 13.2 Å². The zero-order chi connectivity index (χ0) is 23.8. The molecule has 2 aliphatic rings. The molecule has 9 nitrogen and oxygen atoms in total. The third kappa shape index (κ3) is 4.67. The van der Waals surface area contributed by atoms with E-state index in [1.54, 1.807) is 24.3 Å². The number of nitro groups is 1. The summed E-state index contributed by atoms with van der Waals surface area (Å²) in [6.07, 6.45) is 1.29. The van der Waals surface area contributed by atoms with Crippen LogP contribution in [0, 0.1) is 28.9 Å². The van der Waals surface area contributed by atoms with Crippen molar-refractivity contribution in [2.75, 3.05) is 13.2 Å². The van der Waals surface area contributed by atoms with Crippen LogP contribution >= 0.6 is 0 Å². The first-order valence-corrected chi connectivity index (χ1v) is 12.1. The number of nitrogens with zero attached hydrogens (tertiary/aromatic N) is 2. The van der Waals surface area contributed by atoms with Gasteiger partial charge in [0.25, 0.3) is 5.69 Å². The van der Waals surface area contributed by atoms with E-state index in [0.717, 1.165) is 5.56 Å². The van der Waals surface area contributed by atoms with E-state index in [1.165, 1.54) is 28.6 Å². The van der Waals surface area contributed by atoms with Gasteiger partial charge in [0.2, 0.25) is 10.0 Å². The number of non-ortho nitro benzene ring substituents is 1. The van der Waals surface area contributed by atoms with Gasteiger partial charge in [0, 0.05) is 31.5 Å². The summed E-state index contributed by atoms with van der Waals surface area (Å²) in [4.78, 5) is 35.1. The van der Waals surface area contributed by atoms with E-state index in [4.69, 9.17) is 4.74 Å². The topological polar surface area (TPSA) is 124 Å². The summed E-state index contributed by atoms with van der Waals surface area (Å²) in [5.74, 6) is -0.831. The molecular weight excluding hydrogens is 448 g/mol. The minimum atomic E-state index is -3.85. The molecule has 0 aromatic heterocycles. The van der Waals surface area contributed by atoms with E-state index in [1.807, 2.05) is 6.92 Å². The third-order valence-electron chi connectivity index (χ3n) is 6.47.